The monoisotopic (exact) mass is 1680 g/mol. The minimum Gasteiger partial charge on any atom is -0.550 e. The van der Waals surface area contributed by atoms with Gasteiger partial charge in [-0.05, 0) is 218 Å². The average Bonchev–Trinajstić information content (AvgIpc) is 1.19. The summed E-state index contributed by atoms with van der Waals surface area (Å²) in [5.74, 6) is -1.69. The van der Waals surface area contributed by atoms with Gasteiger partial charge in [0.1, 0.15) is 0 Å². The SMILES string of the molecule is C1CCOC1.C1CCOC1.CCCCC/C=C\C/C=C\CCCCCCCC(=O)OB(Cl)N(CC)C(C)C.CCCCC/C=C\C/C=C\CCCCCCCC(=O)OB(OC(=O)CCCCCCC/C=C\C/C=C\CCCCC)N(CC)C(C)C.CCCCC/C=C\C/C=C\CCCCCCCC(=O)[O-].CCN(B(Cl)Cl)C(C)C.[Na+]. The van der Waals surface area contributed by atoms with Crippen molar-refractivity contribution in [2.75, 3.05) is 46.1 Å². The zero-order valence-corrected chi connectivity index (χ0v) is 81.2. The van der Waals surface area contributed by atoms with Crippen LogP contribution < -0.4 is 34.7 Å². The predicted octanol–water partition coefficient (Wildman–Crippen LogP) is 25.0. The van der Waals surface area contributed by atoms with Crippen molar-refractivity contribution in [3.63, 3.8) is 0 Å². The molecule has 2 fully saturated rings. The summed E-state index contributed by atoms with van der Waals surface area (Å²) in [4.78, 5) is 53.3. The Labute approximate surface area is 749 Å². The molecule has 0 atom stereocenters. The summed E-state index contributed by atoms with van der Waals surface area (Å²) in [6, 6.07) is 0.781. The van der Waals surface area contributed by atoms with Crippen LogP contribution in [0.25, 0.3) is 0 Å². The number of nitrogens with zero attached hydrogens (tertiary/aromatic N) is 3. The molecular weight excluding hydrogens is 1500 g/mol. The van der Waals surface area contributed by atoms with Gasteiger partial charge in [0, 0.05) is 57.7 Å². The van der Waals surface area contributed by atoms with Gasteiger partial charge in [-0.1, -0.05) is 316 Å². The van der Waals surface area contributed by atoms with E-state index in [1.165, 1.54) is 186 Å². The van der Waals surface area contributed by atoms with Crippen LogP contribution in [0.5, 0.6) is 0 Å². The third kappa shape index (κ3) is 97.0. The van der Waals surface area contributed by atoms with Crippen molar-refractivity contribution in [1.82, 2.24) is 14.4 Å². The van der Waals surface area contributed by atoms with E-state index in [-0.39, 0.29) is 71.6 Å². The first-order valence-electron chi connectivity index (χ1n) is 46.7. The van der Waals surface area contributed by atoms with E-state index in [1.807, 2.05) is 62.9 Å². The van der Waals surface area contributed by atoms with Gasteiger partial charge < -0.3 is 38.1 Å². The van der Waals surface area contributed by atoms with Crippen molar-refractivity contribution in [2.24, 2.45) is 0 Å². The van der Waals surface area contributed by atoms with E-state index in [1.54, 1.807) is 0 Å². The number of unbranched alkanes of at least 4 members (excludes halogenated alkanes) is 32. The molecule has 0 N–H and O–H groups in total. The number of carbonyl (C=O) groups is 4. The quantitative estimate of drug-likeness (QED) is 0.0324. The first-order chi connectivity index (χ1) is 55.3. The van der Waals surface area contributed by atoms with Crippen molar-refractivity contribution in [2.45, 2.75) is 442 Å². The van der Waals surface area contributed by atoms with E-state index in [0.717, 1.165) is 162 Å². The number of aliphatic carboxylic acids is 1. The Hall–Kier alpha value is -2.34. The molecule has 0 aromatic rings. The van der Waals surface area contributed by atoms with E-state index < -0.39 is 19.7 Å². The molecule has 2 saturated heterocycles. The number of rotatable bonds is 68. The number of hydrogen-bond donors (Lipinski definition) is 0. The second-order valence-electron chi connectivity index (χ2n) is 31.1. The first kappa shape index (κ1) is 121. The third-order valence-corrected chi connectivity index (χ3v) is 20.4. The maximum Gasteiger partial charge on any atom is 1.00 e. The molecule has 20 heteroatoms. The van der Waals surface area contributed by atoms with E-state index in [4.69, 9.17) is 57.8 Å². The maximum atomic E-state index is 12.7. The fourth-order valence-electron chi connectivity index (χ4n) is 12.3. The molecule has 0 aromatic heterocycles. The van der Waals surface area contributed by atoms with Gasteiger partial charge in [-0.25, -0.2) is 0 Å². The van der Waals surface area contributed by atoms with Crippen molar-refractivity contribution in [3.05, 3.63) is 97.2 Å². The number of halogens is 3. The van der Waals surface area contributed by atoms with E-state index in [0.29, 0.717) is 31.8 Å². The van der Waals surface area contributed by atoms with Crippen LogP contribution in [0.4, 0.5) is 0 Å². The minimum atomic E-state index is -0.948. The van der Waals surface area contributed by atoms with E-state index >= 15 is 0 Å². The van der Waals surface area contributed by atoms with Crippen molar-refractivity contribution >= 4 is 77.7 Å². The standard InChI is InChI=1S/C41H74BNO4.C23H43BClNO2.C18H32O2.C5H12BCl2N.2C4H8O.Na/c1-6-9-11-13-15-17-19-21-23-25-27-29-31-33-35-37-40(44)46-42(43(8-3)39(4)5)47-41(45)38-36-34-32-30-28-26-24-22-20-18-16-14-12-10-7-2;1-5-7-8-9-10-11-12-13-14-15-16-17-18-19-20-21-23(27)28-24(25)26(6-2)22(3)4;1-2-3-4-5-6-7-8-9-10-11-12-13-14-15-16-17-18(19)20;1-4-9(5(2)3)6(7)8;2*1-2-4-5-3-1;/h15-18,21-24,39H,6-14,19-20,25-38H2,1-5H3;10-11,13-14,22H,5-9,12,15-21H2,1-4H3;6-7,9-10H,2-5,8,11-17H2,1H3,(H,19,20);5H,4H2,1-3H3;2*1-4H2;/q;;;;;;+1/p-1/b17-15-,18-16-,23-21-,24-22-;11-10-,14-13-;7-6-,10-9-;;;;. The summed E-state index contributed by atoms with van der Waals surface area (Å²) in [5.41, 5.74) is -0.366. The molecule has 0 bridgehead atoms. The summed E-state index contributed by atoms with van der Waals surface area (Å²) < 4.78 is 26.6. The topological polar surface area (TPSA) is 147 Å². The zero-order chi connectivity index (χ0) is 85.1. The molecule has 0 spiro atoms. The molecule has 0 saturated carbocycles. The van der Waals surface area contributed by atoms with Crippen molar-refractivity contribution in [3.8, 4) is 0 Å². The van der Waals surface area contributed by atoms with Crippen LogP contribution in [0.3, 0.4) is 0 Å². The average molecular weight is 1680 g/mol. The molecule has 2 heterocycles. The summed E-state index contributed by atoms with van der Waals surface area (Å²) in [6.07, 6.45) is 93.7. The molecule has 13 nitrogen and oxygen atoms in total. The Morgan fingerprint density at radius 1 is 0.322 bits per heavy atom. The fourth-order valence-corrected chi connectivity index (χ4v) is 13.5. The second-order valence-corrected chi connectivity index (χ2v) is 32.5. The van der Waals surface area contributed by atoms with Gasteiger partial charge in [-0.3, -0.25) is 24.0 Å². The second kappa shape index (κ2) is 100. The summed E-state index contributed by atoms with van der Waals surface area (Å²) >= 11 is 17.4. The summed E-state index contributed by atoms with van der Waals surface area (Å²) in [5, 5.41) is 10.2. The van der Waals surface area contributed by atoms with Crippen LogP contribution in [0.15, 0.2) is 97.2 Å². The van der Waals surface area contributed by atoms with Gasteiger partial charge in [-0.15, -0.1) is 34.4 Å². The molecule has 115 heavy (non-hydrogen) atoms. The molecule has 0 amide bonds. The maximum absolute atomic E-state index is 12.7. The Morgan fingerprint density at radius 3 is 0.748 bits per heavy atom. The normalized spacial score (nSPS) is 12.9. The van der Waals surface area contributed by atoms with Crippen molar-refractivity contribution in [1.29, 1.82) is 0 Å². The van der Waals surface area contributed by atoms with E-state index in [2.05, 4.69) is 139 Å². The largest absolute Gasteiger partial charge is 1.00 e. The summed E-state index contributed by atoms with van der Waals surface area (Å²) in [6.45, 7) is 32.9. The molecule has 662 valence electrons. The number of carboxylic acid groups (broad SMARTS) is 1. The number of hydrogen-bond acceptors (Lipinski definition) is 13. The molecule has 2 aliphatic rings. The fraction of sp³-hybridized carbons (Fsp3) is 0.789. The van der Waals surface area contributed by atoms with Gasteiger partial charge in [-0.2, -0.15) is 0 Å². The zero-order valence-electron chi connectivity index (χ0n) is 77.0. The minimum absolute atomic E-state index is 0. The Bertz CT molecular complexity index is 2210. The Morgan fingerprint density at radius 2 is 0.548 bits per heavy atom. The van der Waals surface area contributed by atoms with Crippen LogP contribution >= 0.6 is 34.4 Å². The van der Waals surface area contributed by atoms with Crippen LogP contribution in [0.2, 0.25) is 0 Å². The number of carboxylic acids is 1. The molecular formula is C95H176B3Cl3N3NaO10. The number of allylic oxidation sites excluding steroid dienone is 16. The molecule has 0 radical (unpaired) electrons. The van der Waals surface area contributed by atoms with Gasteiger partial charge in [0.2, 0.25) is 0 Å². The number of ether oxygens (including phenoxy) is 2. The van der Waals surface area contributed by atoms with Crippen LogP contribution in [-0.2, 0) is 42.6 Å². The van der Waals surface area contributed by atoms with Crippen molar-refractivity contribution < 1.29 is 77.3 Å². The predicted molar refractivity (Wildman–Crippen MR) is 498 cm³/mol. The smallest absolute Gasteiger partial charge is 0.550 e. The molecule has 0 aromatic carbocycles. The first-order valence-corrected chi connectivity index (χ1v) is 48.0. The van der Waals surface area contributed by atoms with Gasteiger partial charge in [0.05, 0.1) is 0 Å². The van der Waals surface area contributed by atoms with Crippen LogP contribution in [-0.4, -0.2) is 122 Å². The van der Waals surface area contributed by atoms with Gasteiger partial charge in [0.25, 0.3) is 17.9 Å². The summed E-state index contributed by atoms with van der Waals surface area (Å²) in [7, 11) is -0.948. The third-order valence-electron chi connectivity index (χ3n) is 19.5. The van der Waals surface area contributed by atoms with Crippen LogP contribution in [0.1, 0.15) is 424 Å². The molecule has 0 unspecified atom stereocenters. The number of carbonyl (C=O) groups excluding carboxylic acids is 4. The van der Waals surface area contributed by atoms with Gasteiger partial charge in [0.15, 0.2) is 0 Å². The Kier molecular flexibility index (Phi) is 106. The van der Waals surface area contributed by atoms with E-state index in [9.17, 15) is 24.3 Å². The molecule has 2 aliphatic heterocycles. The molecule has 0 aliphatic carbocycles. The Balaban J connectivity index is -0.000000496. The van der Waals surface area contributed by atoms with Crippen LogP contribution in [0, 0.1) is 0 Å². The van der Waals surface area contributed by atoms with Gasteiger partial charge >= 0.3 is 49.0 Å². The molecule has 2 rings (SSSR count).